The standard InChI is InChI=1S/C12H15BrFNO/c13-11-9(16)5-4-8(14)10(11)12(15)6-2-1-3-7-12/h4-5,16H,1-3,6-7,15H2. The van der Waals surface area contributed by atoms with Crippen LogP contribution in [0.4, 0.5) is 4.39 Å². The quantitative estimate of drug-likeness (QED) is 0.831. The van der Waals surface area contributed by atoms with Crippen LogP contribution in [0.25, 0.3) is 0 Å². The van der Waals surface area contributed by atoms with Crippen LogP contribution in [0.15, 0.2) is 16.6 Å². The molecule has 2 nitrogen and oxygen atoms in total. The van der Waals surface area contributed by atoms with Crippen LogP contribution >= 0.6 is 15.9 Å². The Labute approximate surface area is 103 Å². The van der Waals surface area contributed by atoms with Gasteiger partial charge in [0.2, 0.25) is 0 Å². The summed E-state index contributed by atoms with van der Waals surface area (Å²) in [6.07, 6.45) is 4.71. The van der Waals surface area contributed by atoms with Crippen molar-refractivity contribution in [2.75, 3.05) is 0 Å². The lowest BCUT2D eigenvalue weighted by molar-refractivity contribution is 0.290. The number of rotatable bonds is 1. The number of aromatic hydroxyl groups is 1. The molecule has 0 heterocycles. The highest BCUT2D eigenvalue weighted by Crippen LogP contribution is 2.42. The van der Waals surface area contributed by atoms with E-state index in [1.807, 2.05) is 0 Å². The van der Waals surface area contributed by atoms with E-state index < -0.39 is 5.54 Å². The molecule has 3 N–H and O–H groups in total. The molecule has 1 aromatic rings. The van der Waals surface area contributed by atoms with E-state index in [4.69, 9.17) is 5.73 Å². The highest BCUT2D eigenvalue weighted by molar-refractivity contribution is 9.10. The van der Waals surface area contributed by atoms with Gasteiger partial charge < -0.3 is 10.8 Å². The summed E-state index contributed by atoms with van der Waals surface area (Å²) >= 11 is 3.23. The van der Waals surface area contributed by atoms with Gasteiger partial charge in [-0.1, -0.05) is 19.3 Å². The summed E-state index contributed by atoms with van der Waals surface area (Å²) in [5.41, 5.74) is 6.05. The fourth-order valence-electron chi connectivity index (χ4n) is 2.43. The molecule has 16 heavy (non-hydrogen) atoms. The Morgan fingerprint density at radius 2 is 1.88 bits per heavy atom. The molecule has 0 bridgehead atoms. The number of hydrogen-bond donors (Lipinski definition) is 2. The minimum Gasteiger partial charge on any atom is -0.507 e. The highest BCUT2D eigenvalue weighted by atomic mass is 79.9. The van der Waals surface area contributed by atoms with Crippen molar-refractivity contribution in [3.05, 3.63) is 28.0 Å². The number of nitrogens with two attached hydrogens (primary N) is 1. The Morgan fingerprint density at radius 3 is 2.50 bits per heavy atom. The average Bonchev–Trinajstić information content (AvgIpc) is 2.25. The van der Waals surface area contributed by atoms with Gasteiger partial charge in [0.1, 0.15) is 11.6 Å². The van der Waals surface area contributed by atoms with Gasteiger partial charge >= 0.3 is 0 Å². The van der Waals surface area contributed by atoms with Gasteiger partial charge in [-0.3, -0.25) is 0 Å². The monoisotopic (exact) mass is 287 g/mol. The van der Waals surface area contributed by atoms with E-state index in [1.54, 1.807) is 0 Å². The molecule has 1 fully saturated rings. The summed E-state index contributed by atoms with van der Waals surface area (Å²) in [6.45, 7) is 0. The lowest BCUT2D eigenvalue weighted by Gasteiger charge is -2.35. The predicted molar refractivity (Wildman–Crippen MR) is 64.7 cm³/mol. The third-order valence-electron chi connectivity index (χ3n) is 3.31. The molecule has 0 aromatic heterocycles. The maximum Gasteiger partial charge on any atom is 0.130 e. The minimum absolute atomic E-state index is 0.0480. The Morgan fingerprint density at radius 1 is 1.25 bits per heavy atom. The third kappa shape index (κ3) is 1.96. The van der Waals surface area contributed by atoms with Crippen LogP contribution in [-0.4, -0.2) is 5.11 Å². The molecule has 0 spiro atoms. The second kappa shape index (κ2) is 4.34. The second-order valence-electron chi connectivity index (χ2n) is 4.47. The van der Waals surface area contributed by atoms with Crippen LogP contribution in [0.3, 0.4) is 0 Å². The molecular weight excluding hydrogens is 273 g/mol. The van der Waals surface area contributed by atoms with Crippen molar-refractivity contribution in [3.8, 4) is 5.75 Å². The van der Waals surface area contributed by atoms with Crippen molar-refractivity contribution in [2.24, 2.45) is 5.73 Å². The average molecular weight is 288 g/mol. The second-order valence-corrected chi connectivity index (χ2v) is 5.27. The SMILES string of the molecule is NC1(c2c(F)ccc(O)c2Br)CCCCC1. The maximum atomic E-state index is 13.8. The summed E-state index contributed by atoms with van der Waals surface area (Å²) in [7, 11) is 0. The highest BCUT2D eigenvalue weighted by Gasteiger charge is 2.34. The van der Waals surface area contributed by atoms with Gasteiger partial charge in [0.25, 0.3) is 0 Å². The van der Waals surface area contributed by atoms with Crippen LogP contribution in [0.1, 0.15) is 37.7 Å². The summed E-state index contributed by atoms with van der Waals surface area (Å²) in [6, 6.07) is 2.62. The van der Waals surface area contributed by atoms with Crippen LogP contribution < -0.4 is 5.73 Å². The van der Waals surface area contributed by atoms with E-state index in [0.29, 0.717) is 10.0 Å². The number of phenolic OH excluding ortho intramolecular Hbond substituents is 1. The zero-order chi connectivity index (χ0) is 11.8. The van der Waals surface area contributed by atoms with Crippen LogP contribution in [0.2, 0.25) is 0 Å². The number of hydrogen-bond acceptors (Lipinski definition) is 2. The van der Waals surface area contributed by atoms with Gasteiger partial charge in [-0.2, -0.15) is 0 Å². The lowest BCUT2D eigenvalue weighted by Crippen LogP contribution is -2.39. The summed E-state index contributed by atoms with van der Waals surface area (Å²) in [5, 5.41) is 9.60. The lowest BCUT2D eigenvalue weighted by atomic mass is 9.77. The molecule has 0 aliphatic heterocycles. The molecule has 1 aliphatic carbocycles. The first-order chi connectivity index (χ1) is 7.54. The molecule has 0 atom stereocenters. The van der Waals surface area contributed by atoms with Crippen LogP contribution in [0, 0.1) is 5.82 Å². The Kier molecular flexibility index (Phi) is 3.22. The number of phenols is 1. The Balaban J connectivity index is 2.49. The molecule has 1 aromatic carbocycles. The molecule has 1 aliphatic rings. The predicted octanol–water partition coefficient (Wildman–Crippen LogP) is 3.41. The third-order valence-corrected chi connectivity index (χ3v) is 4.12. The first kappa shape index (κ1) is 11.9. The molecule has 2 rings (SSSR count). The van der Waals surface area contributed by atoms with Gasteiger partial charge in [-0.05, 0) is 40.9 Å². The largest absolute Gasteiger partial charge is 0.507 e. The van der Waals surface area contributed by atoms with Crippen molar-refractivity contribution < 1.29 is 9.50 Å². The molecule has 0 amide bonds. The van der Waals surface area contributed by atoms with E-state index in [1.165, 1.54) is 12.1 Å². The van der Waals surface area contributed by atoms with Crippen molar-refractivity contribution in [1.82, 2.24) is 0 Å². The summed E-state index contributed by atoms with van der Waals surface area (Å²) in [5.74, 6) is -0.291. The van der Waals surface area contributed by atoms with Crippen LogP contribution in [0.5, 0.6) is 5.75 Å². The Hall–Kier alpha value is -0.610. The van der Waals surface area contributed by atoms with Gasteiger partial charge in [-0.15, -0.1) is 0 Å². The minimum atomic E-state index is -0.639. The summed E-state index contributed by atoms with van der Waals surface area (Å²) in [4.78, 5) is 0. The number of benzene rings is 1. The molecule has 88 valence electrons. The van der Waals surface area contributed by atoms with Gasteiger partial charge in [0.05, 0.1) is 4.47 Å². The van der Waals surface area contributed by atoms with Crippen molar-refractivity contribution in [3.63, 3.8) is 0 Å². The fourth-order valence-corrected chi connectivity index (χ4v) is 3.15. The molecule has 0 radical (unpaired) electrons. The summed E-state index contributed by atoms with van der Waals surface area (Å²) < 4.78 is 14.2. The van der Waals surface area contributed by atoms with Gasteiger partial charge in [0.15, 0.2) is 0 Å². The smallest absolute Gasteiger partial charge is 0.130 e. The first-order valence-corrected chi connectivity index (χ1v) is 6.30. The molecule has 4 heteroatoms. The topological polar surface area (TPSA) is 46.2 Å². The van der Waals surface area contributed by atoms with Crippen LogP contribution in [-0.2, 0) is 5.54 Å². The fraction of sp³-hybridized carbons (Fsp3) is 0.500. The van der Waals surface area contributed by atoms with E-state index in [9.17, 15) is 9.50 Å². The maximum absolute atomic E-state index is 13.8. The van der Waals surface area contributed by atoms with Crippen molar-refractivity contribution in [2.45, 2.75) is 37.6 Å². The van der Waals surface area contributed by atoms with E-state index in [-0.39, 0.29) is 11.6 Å². The molecule has 0 unspecified atom stereocenters. The zero-order valence-electron chi connectivity index (χ0n) is 8.97. The van der Waals surface area contributed by atoms with Crippen molar-refractivity contribution >= 4 is 15.9 Å². The van der Waals surface area contributed by atoms with E-state index >= 15 is 0 Å². The normalized spacial score (nSPS) is 19.7. The van der Waals surface area contributed by atoms with Gasteiger partial charge in [0, 0.05) is 11.1 Å². The van der Waals surface area contributed by atoms with Crippen molar-refractivity contribution in [1.29, 1.82) is 0 Å². The van der Waals surface area contributed by atoms with Gasteiger partial charge in [-0.25, -0.2) is 4.39 Å². The molecular formula is C12H15BrFNO. The van der Waals surface area contributed by atoms with E-state index in [2.05, 4.69) is 15.9 Å². The molecule has 0 saturated heterocycles. The zero-order valence-corrected chi connectivity index (χ0v) is 10.6. The number of halogens is 2. The Bertz CT molecular complexity index is 402. The molecule has 1 saturated carbocycles. The van der Waals surface area contributed by atoms with E-state index in [0.717, 1.165) is 32.1 Å². The first-order valence-electron chi connectivity index (χ1n) is 5.51.